The lowest BCUT2D eigenvalue weighted by molar-refractivity contribution is -0.144. The maximum Gasteiger partial charge on any atom is 0.325 e. The number of carboxylic acids is 1. The van der Waals surface area contributed by atoms with Gasteiger partial charge >= 0.3 is 5.97 Å². The van der Waals surface area contributed by atoms with Crippen LogP contribution in [0.25, 0.3) is 0 Å². The van der Waals surface area contributed by atoms with Gasteiger partial charge in [0.2, 0.25) is 0 Å². The van der Waals surface area contributed by atoms with Crippen molar-refractivity contribution < 1.29 is 9.90 Å². The number of rotatable bonds is 9. The lowest BCUT2D eigenvalue weighted by Gasteiger charge is -2.25. The topological polar surface area (TPSA) is 69.8 Å². The van der Waals surface area contributed by atoms with E-state index in [0.29, 0.717) is 12.9 Å². The molecule has 1 fully saturated rings. The maximum absolute atomic E-state index is 11.5. The molecule has 2 radical (unpaired) electrons. The Hall–Kier alpha value is -0.585. The highest BCUT2D eigenvalue weighted by atomic mass is 16.4. The van der Waals surface area contributed by atoms with Crippen LogP contribution in [0.3, 0.4) is 0 Å². The summed E-state index contributed by atoms with van der Waals surface area (Å²) in [5.74, 6) is -0.884. The van der Waals surface area contributed by atoms with Gasteiger partial charge in [-0.3, -0.25) is 9.69 Å². The molecule has 0 aliphatic carbocycles. The Balaban J connectivity index is 2.58. The molecular formula is C14H28BN3O2. The molecule has 1 rings (SSSR count). The van der Waals surface area contributed by atoms with Crippen molar-refractivity contribution >= 4 is 13.8 Å². The fraction of sp³-hybridized carbons (Fsp3) is 0.929. The van der Waals surface area contributed by atoms with E-state index >= 15 is 0 Å². The van der Waals surface area contributed by atoms with Crippen molar-refractivity contribution in [3.8, 4) is 0 Å². The minimum absolute atomic E-state index is 0.000234. The Labute approximate surface area is 123 Å². The van der Waals surface area contributed by atoms with Crippen LogP contribution in [0.1, 0.15) is 26.7 Å². The summed E-state index contributed by atoms with van der Waals surface area (Å²) in [4.78, 5) is 16.0. The highest BCUT2D eigenvalue weighted by molar-refractivity contribution is 6.08. The van der Waals surface area contributed by atoms with Crippen LogP contribution in [-0.2, 0) is 4.79 Å². The van der Waals surface area contributed by atoms with Gasteiger partial charge in [-0.25, -0.2) is 0 Å². The average molecular weight is 281 g/mol. The summed E-state index contributed by atoms with van der Waals surface area (Å²) in [5, 5.41) is 9.44. The maximum atomic E-state index is 11.5. The van der Waals surface area contributed by atoms with E-state index in [4.69, 9.17) is 13.6 Å². The second kappa shape index (κ2) is 8.00. The first kappa shape index (κ1) is 17.5. The normalized spacial score (nSPS) is 27.3. The molecule has 5 nitrogen and oxygen atoms in total. The highest BCUT2D eigenvalue weighted by Gasteiger charge is 2.48. The standard InChI is InChI=1S/C14H28BN3O2/c1-3-17(4-2)8-9-18-10-12(6-5-7-15)14(16,11-18)13(19)20/h12H,3-11,16H2,1-2H3,(H,19,20)/t12-,14-/m0/s1. The minimum Gasteiger partial charge on any atom is -0.480 e. The lowest BCUT2D eigenvalue weighted by atomic mass is 9.83. The predicted molar refractivity (Wildman–Crippen MR) is 82.1 cm³/mol. The molecule has 1 aliphatic heterocycles. The van der Waals surface area contributed by atoms with Crippen LogP contribution in [0, 0.1) is 5.92 Å². The second-order valence-electron chi connectivity index (χ2n) is 5.74. The SMILES string of the molecule is [B]CCC[C@H]1CN(CCN(CC)CC)C[C@@]1(N)C(=O)O. The summed E-state index contributed by atoms with van der Waals surface area (Å²) >= 11 is 0. The Kier molecular flexibility index (Phi) is 6.99. The van der Waals surface area contributed by atoms with Crippen molar-refractivity contribution in [2.75, 3.05) is 39.3 Å². The first-order chi connectivity index (χ1) is 9.47. The van der Waals surface area contributed by atoms with E-state index in [1.807, 2.05) is 0 Å². The van der Waals surface area contributed by atoms with E-state index in [0.717, 1.165) is 45.6 Å². The molecule has 0 unspecified atom stereocenters. The van der Waals surface area contributed by atoms with Gasteiger partial charge in [-0.2, -0.15) is 0 Å². The van der Waals surface area contributed by atoms with Crippen LogP contribution in [-0.4, -0.2) is 73.5 Å². The van der Waals surface area contributed by atoms with E-state index in [9.17, 15) is 9.90 Å². The van der Waals surface area contributed by atoms with Crippen molar-refractivity contribution in [1.29, 1.82) is 0 Å². The minimum atomic E-state index is -1.11. The van der Waals surface area contributed by atoms with Gasteiger partial charge in [0.15, 0.2) is 0 Å². The van der Waals surface area contributed by atoms with Crippen LogP contribution < -0.4 is 5.73 Å². The van der Waals surface area contributed by atoms with E-state index in [1.165, 1.54) is 0 Å². The molecule has 2 atom stereocenters. The number of aliphatic carboxylic acids is 1. The summed E-state index contributed by atoms with van der Waals surface area (Å²) in [6, 6.07) is 0. The van der Waals surface area contributed by atoms with Gasteiger partial charge < -0.3 is 15.7 Å². The highest BCUT2D eigenvalue weighted by Crippen LogP contribution is 2.30. The molecule has 1 saturated heterocycles. The lowest BCUT2D eigenvalue weighted by Crippen LogP contribution is -2.55. The van der Waals surface area contributed by atoms with E-state index in [-0.39, 0.29) is 5.92 Å². The number of likely N-dealkylation sites (N-methyl/N-ethyl adjacent to an activating group) is 1. The molecule has 1 heterocycles. The van der Waals surface area contributed by atoms with Gasteiger partial charge in [0.25, 0.3) is 0 Å². The Morgan fingerprint density at radius 3 is 2.65 bits per heavy atom. The summed E-state index contributed by atoms with van der Waals surface area (Å²) in [6.45, 7) is 9.38. The van der Waals surface area contributed by atoms with Crippen LogP contribution in [0.15, 0.2) is 0 Å². The van der Waals surface area contributed by atoms with Gasteiger partial charge in [-0.15, -0.1) is 0 Å². The van der Waals surface area contributed by atoms with Crippen LogP contribution in [0.2, 0.25) is 6.32 Å². The van der Waals surface area contributed by atoms with Gasteiger partial charge in [0.05, 0.1) is 7.85 Å². The van der Waals surface area contributed by atoms with Gasteiger partial charge in [-0.05, 0) is 19.5 Å². The zero-order chi connectivity index (χ0) is 15.2. The number of carboxylic acid groups (broad SMARTS) is 1. The van der Waals surface area contributed by atoms with E-state index in [2.05, 4.69) is 23.6 Å². The number of nitrogens with two attached hydrogens (primary N) is 1. The smallest absolute Gasteiger partial charge is 0.325 e. The molecule has 0 bridgehead atoms. The molecule has 6 heteroatoms. The Morgan fingerprint density at radius 1 is 1.50 bits per heavy atom. The largest absolute Gasteiger partial charge is 0.480 e. The molecule has 0 aromatic heterocycles. The third-order valence-electron chi connectivity index (χ3n) is 4.47. The molecule has 0 saturated carbocycles. The van der Waals surface area contributed by atoms with Crippen molar-refractivity contribution in [1.82, 2.24) is 9.80 Å². The molecule has 20 heavy (non-hydrogen) atoms. The molecule has 3 N–H and O–H groups in total. The predicted octanol–water partition coefficient (Wildman–Crippen LogP) is 0.409. The third kappa shape index (κ3) is 4.20. The molecular weight excluding hydrogens is 253 g/mol. The molecule has 1 aliphatic rings. The second-order valence-corrected chi connectivity index (χ2v) is 5.74. The molecule has 0 spiro atoms. The number of hydrogen-bond donors (Lipinski definition) is 2. The summed E-state index contributed by atoms with van der Waals surface area (Å²) in [5.41, 5.74) is 5.04. The number of nitrogens with zero attached hydrogens (tertiary/aromatic N) is 2. The number of carbonyl (C=O) groups is 1. The zero-order valence-electron chi connectivity index (χ0n) is 12.8. The van der Waals surface area contributed by atoms with Gasteiger partial charge in [0.1, 0.15) is 5.54 Å². The van der Waals surface area contributed by atoms with Crippen molar-refractivity contribution in [2.45, 2.75) is 38.5 Å². The molecule has 0 amide bonds. The van der Waals surface area contributed by atoms with Crippen molar-refractivity contribution in [2.24, 2.45) is 11.7 Å². The fourth-order valence-electron chi connectivity index (χ4n) is 2.99. The van der Waals surface area contributed by atoms with E-state index < -0.39 is 11.5 Å². The quantitative estimate of drug-likeness (QED) is 0.599. The summed E-state index contributed by atoms with van der Waals surface area (Å²) in [7, 11) is 5.53. The number of likely N-dealkylation sites (tertiary alicyclic amines) is 1. The van der Waals surface area contributed by atoms with Crippen LogP contribution >= 0.6 is 0 Å². The van der Waals surface area contributed by atoms with Crippen LogP contribution in [0.4, 0.5) is 0 Å². The van der Waals surface area contributed by atoms with Crippen LogP contribution in [0.5, 0.6) is 0 Å². The summed E-state index contributed by atoms with van der Waals surface area (Å²) in [6.07, 6.45) is 2.22. The summed E-state index contributed by atoms with van der Waals surface area (Å²) < 4.78 is 0. The van der Waals surface area contributed by atoms with Gasteiger partial charge in [0, 0.05) is 32.1 Å². The third-order valence-corrected chi connectivity index (χ3v) is 4.47. The van der Waals surface area contributed by atoms with E-state index in [1.54, 1.807) is 0 Å². The molecule has 114 valence electrons. The Bertz CT molecular complexity index is 313. The molecule has 0 aromatic carbocycles. The fourth-order valence-corrected chi connectivity index (χ4v) is 2.99. The van der Waals surface area contributed by atoms with Crippen molar-refractivity contribution in [3.63, 3.8) is 0 Å². The first-order valence-electron chi connectivity index (χ1n) is 7.64. The first-order valence-corrected chi connectivity index (χ1v) is 7.64. The zero-order valence-corrected chi connectivity index (χ0v) is 12.8. The average Bonchev–Trinajstić information content (AvgIpc) is 2.75. The van der Waals surface area contributed by atoms with Gasteiger partial charge in [-0.1, -0.05) is 26.6 Å². The van der Waals surface area contributed by atoms with Crippen molar-refractivity contribution in [3.05, 3.63) is 0 Å². The number of hydrogen-bond acceptors (Lipinski definition) is 4. The monoisotopic (exact) mass is 281 g/mol. The molecule has 0 aromatic rings. The Morgan fingerprint density at radius 2 is 2.15 bits per heavy atom.